The minimum Gasteiger partial charge on any atom is -0.492 e. The molecule has 0 aliphatic heterocycles. The smallest absolute Gasteiger partial charge is 0.492 e. The Morgan fingerprint density at radius 3 is 2.08 bits per heavy atom. The number of aryl methyl sites for hydroxylation is 1. The third-order valence-electron chi connectivity index (χ3n) is 5.81. The monoisotopic (exact) mass is 509 g/mol. The van der Waals surface area contributed by atoms with Gasteiger partial charge in [0.1, 0.15) is 18.1 Å². The quantitative estimate of drug-likeness (QED) is 0.217. The van der Waals surface area contributed by atoms with Crippen LogP contribution in [-0.2, 0) is 11.0 Å². The Morgan fingerprint density at radius 1 is 0.917 bits per heavy atom. The average molecular weight is 510 g/mol. The molecule has 0 saturated carbocycles. The molecular weight excluding hydrogens is 473 g/mol. The van der Waals surface area contributed by atoms with E-state index in [1.807, 2.05) is 26.2 Å². The molecule has 0 bridgehead atoms. The van der Waals surface area contributed by atoms with Crippen LogP contribution >= 0.6 is 7.82 Å². The Balaban J connectivity index is 1.76. The van der Waals surface area contributed by atoms with E-state index in [1.54, 1.807) is 24.3 Å². The molecule has 0 amide bonds. The van der Waals surface area contributed by atoms with Crippen LogP contribution in [0.15, 0.2) is 72.8 Å². The predicted octanol–water partition coefficient (Wildman–Crippen LogP) is 6.40. The second-order valence-electron chi connectivity index (χ2n) is 9.39. The summed E-state index contributed by atoms with van der Waals surface area (Å²) in [4.78, 5) is 20.1. The minimum atomic E-state index is -4.58. The zero-order valence-corrected chi connectivity index (χ0v) is 22.3. The molecule has 7 heteroatoms. The Kier molecular flexibility index (Phi) is 9.91. The SMILES string of the molecule is CC(C)c1ccc(/C(=C\c2ccc(OP(=O)(O)O)cc2)CCc2ccc(OCCN(C)C)cc2)cc1. The Hall–Kier alpha value is -2.89. The number of phosphoric ester groups is 1. The highest BCUT2D eigenvalue weighted by Crippen LogP contribution is 2.37. The maximum Gasteiger partial charge on any atom is 0.524 e. The summed E-state index contributed by atoms with van der Waals surface area (Å²) >= 11 is 0. The Morgan fingerprint density at radius 2 is 1.53 bits per heavy atom. The van der Waals surface area contributed by atoms with Crippen LogP contribution in [0.5, 0.6) is 11.5 Å². The molecule has 192 valence electrons. The lowest BCUT2D eigenvalue weighted by molar-refractivity contribution is 0.261. The van der Waals surface area contributed by atoms with Crippen LogP contribution in [0.3, 0.4) is 0 Å². The number of hydrogen-bond acceptors (Lipinski definition) is 4. The molecule has 0 aliphatic rings. The van der Waals surface area contributed by atoms with Gasteiger partial charge in [0.15, 0.2) is 0 Å². The molecule has 6 nitrogen and oxygen atoms in total. The molecule has 2 N–H and O–H groups in total. The number of benzene rings is 3. The molecule has 0 saturated heterocycles. The van der Waals surface area contributed by atoms with Gasteiger partial charge in [-0.2, -0.15) is 0 Å². The van der Waals surface area contributed by atoms with Crippen molar-refractivity contribution in [2.45, 2.75) is 32.6 Å². The van der Waals surface area contributed by atoms with Gasteiger partial charge in [-0.1, -0.05) is 68.5 Å². The highest BCUT2D eigenvalue weighted by atomic mass is 31.2. The fraction of sp³-hybridized carbons (Fsp3) is 0.310. The summed E-state index contributed by atoms with van der Waals surface area (Å²) in [6, 6.07) is 23.7. The van der Waals surface area contributed by atoms with Gasteiger partial charge in [-0.05, 0) is 84.9 Å². The second-order valence-corrected chi connectivity index (χ2v) is 10.6. The number of allylic oxidation sites excluding steroid dienone is 1. The van der Waals surface area contributed by atoms with Crippen LogP contribution in [-0.4, -0.2) is 41.9 Å². The van der Waals surface area contributed by atoms with Crippen LogP contribution in [0.1, 0.15) is 48.4 Å². The van der Waals surface area contributed by atoms with Crippen molar-refractivity contribution in [1.82, 2.24) is 4.90 Å². The lowest BCUT2D eigenvalue weighted by Crippen LogP contribution is -2.19. The molecule has 0 aromatic heterocycles. The van der Waals surface area contributed by atoms with Crippen LogP contribution in [0.25, 0.3) is 11.6 Å². The highest BCUT2D eigenvalue weighted by Gasteiger charge is 2.15. The van der Waals surface area contributed by atoms with Crippen LogP contribution < -0.4 is 9.26 Å². The molecule has 0 aliphatic carbocycles. The van der Waals surface area contributed by atoms with Crippen molar-refractivity contribution < 1.29 is 23.6 Å². The molecule has 36 heavy (non-hydrogen) atoms. The standard InChI is InChI=1S/C29H36NO5P/c1-22(2)25-11-13-26(14-12-25)27(21-24-8-17-29(18-9-24)35-36(31,32)33)10-5-23-6-15-28(16-7-23)34-20-19-30(3)4/h6-9,11-18,21-22H,5,10,19-20H2,1-4H3,(H2,31,32,33)/b27-21-. The van der Waals surface area contributed by atoms with Crippen LogP contribution in [0.2, 0.25) is 0 Å². The zero-order chi connectivity index (χ0) is 26.1. The van der Waals surface area contributed by atoms with Crippen molar-refractivity contribution in [3.63, 3.8) is 0 Å². The average Bonchev–Trinajstić information content (AvgIpc) is 2.82. The van der Waals surface area contributed by atoms with Crippen molar-refractivity contribution in [2.75, 3.05) is 27.2 Å². The molecule has 0 spiro atoms. The highest BCUT2D eigenvalue weighted by molar-refractivity contribution is 7.46. The fourth-order valence-corrected chi connectivity index (χ4v) is 4.12. The van der Waals surface area contributed by atoms with Gasteiger partial charge in [0, 0.05) is 6.54 Å². The summed E-state index contributed by atoms with van der Waals surface area (Å²) in [6.45, 7) is 5.89. The van der Waals surface area contributed by atoms with Gasteiger partial charge in [-0.3, -0.25) is 9.79 Å². The minimum absolute atomic E-state index is 0.135. The molecule has 3 rings (SSSR count). The van der Waals surface area contributed by atoms with E-state index in [2.05, 4.69) is 65.7 Å². The first kappa shape index (κ1) is 27.7. The molecule has 3 aromatic carbocycles. The number of ether oxygens (including phenoxy) is 1. The van der Waals surface area contributed by atoms with Gasteiger partial charge < -0.3 is 14.2 Å². The van der Waals surface area contributed by atoms with E-state index >= 15 is 0 Å². The molecule has 0 atom stereocenters. The van der Waals surface area contributed by atoms with E-state index in [4.69, 9.17) is 14.5 Å². The van der Waals surface area contributed by atoms with Gasteiger partial charge in [-0.25, -0.2) is 4.57 Å². The van der Waals surface area contributed by atoms with Crippen molar-refractivity contribution in [2.24, 2.45) is 0 Å². The van der Waals surface area contributed by atoms with Crippen LogP contribution in [0, 0.1) is 0 Å². The summed E-state index contributed by atoms with van der Waals surface area (Å²) < 4.78 is 21.6. The number of hydrogen-bond donors (Lipinski definition) is 2. The van der Waals surface area contributed by atoms with Crippen LogP contribution in [0.4, 0.5) is 0 Å². The van der Waals surface area contributed by atoms with Gasteiger partial charge >= 0.3 is 7.82 Å². The van der Waals surface area contributed by atoms with E-state index in [1.165, 1.54) is 16.7 Å². The van der Waals surface area contributed by atoms with E-state index in [0.717, 1.165) is 36.3 Å². The predicted molar refractivity (Wildman–Crippen MR) is 146 cm³/mol. The molecule has 3 aromatic rings. The first-order chi connectivity index (χ1) is 17.1. The maximum absolute atomic E-state index is 11.1. The number of nitrogens with zero attached hydrogens (tertiary/aromatic N) is 1. The number of phosphoric acid groups is 1. The van der Waals surface area contributed by atoms with Gasteiger partial charge in [0.25, 0.3) is 0 Å². The van der Waals surface area contributed by atoms with Crippen molar-refractivity contribution in [1.29, 1.82) is 0 Å². The molecular formula is C29H36NO5P. The van der Waals surface area contributed by atoms with E-state index < -0.39 is 7.82 Å². The number of rotatable bonds is 12. The molecule has 0 fully saturated rings. The first-order valence-electron chi connectivity index (χ1n) is 12.1. The summed E-state index contributed by atoms with van der Waals surface area (Å²) in [7, 11) is -0.524. The normalized spacial score (nSPS) is 12.3. The van der Waals surface area contributed by atoms with Gasteiger partial charge in [0.2, 0.25) is 0 Å². The zero-order valence-electron chi connectivity index (χ0n) is 21.4. The lowest BCUT2D eigenvalue weighted by Gasteiger charge is -2.13. The summed E-state index contributed by atoms with van der Waals surface area (Å²) in [6.07, 6.45) is 3.82. The lowest BCUT2D eigenvalue weighted by atomic mass is 9.94. The Bertz CT molecular complexity index is 1160. The van der Waals surface area contributed by atoms with E-state index in [9.17, 15) is 4.57 Å². The Labute approximate surface area is 214 Å². The van der Waals surface area contributed by atoms with Crippen molar-refractivity contribution in [3.05, 3.63) is 95.1 Å². The topological polar surface area (TPSA) is 79.2 Å². The third kappa shape index (κ3) is 9.29. The van der Waals surface area contributed by atoms with Crippen molar-refractivity contribution in [3.8, 4) is 11.5 Å². The maximum atomic E-state index is 11.1. The van der Waals surface area contributed by atoms with Gasteiger partial charge in [0.05, 0.1) is 0 Å². The number of likely N-dealkylation sites (N-methyl/N-ethyl adjacent to an activating group) is 1. The van der Waals surface area contributed by atoms with E-state index in [0.29, 0.717) is 12.5 Å². The third-order valence-corrected chi connectivity index (χ3v) is 6.26. The summed E-state index contributed by atoms with van der Waals surface area (Å²) in [5, 5.41) is 0. The fourth-order valence-electron chi connectivity index (χ4n) is 3.72. The molecule has 0 radical (unpaired) electrons. The molecule has 0 heterocycles. The van der Waals surface area contributed by atoms with Crippen molar-refractivity contribution >= 4 is 19.5 Å². The first-order valence-corrected chi connectivity index (χ1v) is 13.6. The molecule has 0 unspecified atom stereocenters. The second kappa shape index (κ2) is 12.9. The summed E-state index contributed by atoms with van der Waals surface area (Å²) in [5.74, 6) is 1.47. The summed E-state index contributed by atoms with van der Waals surface area (Å²) in [5.41, 5.74) is 5.78. The largest absolute Gasteiger partial charge is 0.524 e. The van der Waals surface area contributed by atoms with E-state index in [-0.39, 0.29) is 5.75 Å². The van der Waals surface area contributed by atoms with Gasteiger partial charge in [-0.15, -0.1) is 0 Å².